The van der Waals surface area contributed by atoms with E-state index in [4.69, 9.17) is 15.2 Å². The van der Waals surface area contributed by atoms with Crippen LogP contribution in [-0.2, 0) is 6.54 Å². The normalized spacial score (nSPS) is 13.3. The summed E-state index contributed by atoms with van der Waals surface area (Å²) in [7, 11) is 0. The minimum Gasteiger partial charge on any atom is -0.486 e. The number of nitrogens with two attached hydrogens (primary N) is 1. The number of hydrogen-bond donors (Lipinski definition) is 1. The number of nitrogens with zero attached hydrogens (tertiary/aromatic N) is 2. The third kappa shape index (κ3) is 2.32. The van der Waals surface area contributed by atoms with Crippen LogP contribution in [0.5, 0.6) is 11.5 Å². The van der Waals surface area contributed by atoms with E-state index in [-0.39, 0.29) is 0 Å². The average molecular weight is 271 g/mol. The molecule has 0 spiro atoms. The Labute approximate surface area is 117 Å². The van der Waals surface area contributed by atoms with Crippen LogP contribution in [0.3, 0.4) is 0 Å². The lowest BCUT2D eigenvalue weighted by Crippen LogP contribution is -2.15. The van der Waals surface area contributed by atoms with E-state index in [2.05, 4.69) is 9.97 Å². The first-order valence-electron chi connectivity index (χ1n) is 6.62. The maximum absolute atomic E-state index is 5.64. The van der Waals surface area contributed by atoms with Gasteiger partial charge in [-0.1, -0.05) is 0 Å². The molecular formula is C15H17N3O2. The summed E-state index contributed by atoms with van der Waals surface area (Å²) < 4.78 is 11.2. The molecule has 5 nitrogen and oxygen atoms in total. The van der Waals surface area contributed by atoms with Gasteiger partial charge in [-0.2, -0.15) is 0 Å². The molecule has 104 valence electrons. The largest absolute Gasteiger partial charge is 0.486 e. The Morgan fingerprint density at radius 2 is 1.75 bits per heavy atom. The molecule has 2 aromatic rings. The Morgan fingerprint density at radius 1 is 1.05 bits per heavy atom. The van der Waals surface area contributed by atoms with E-state index in [1.807, 2.05) is 32.0 Å². The molecule has 0 bridgehead atoms. The van der Waals surface area contributed by atoms with Crippen molar-refractivity contribution in [1.82, 2.24) is 9.97 Å². The number of hydrogen-bond acceptors (Lipinski definition) is 5. The molecule has 0 amide bonds. The van der Waals surface area contributed by atoms with Gasteiger partial charge < -0.3 is 15.2 Å². The topological polar surface area (TPSA) is 70.3 Å². The maximum Gasteiger partial charge on any atom is 0.162 e. The minimum atomic E-state index is 0.332. The highest BCUT2D eigenvalue weighted by Gasteiger charge is 2.16. The molecule has 1 aromatic carbocycles. The molecule has 0 fully saturated rings. The lowest BCUT2D eigenvalue weighted by Gasteiger charge is -2.20. The SMILES string of the molecule is Cc1cc(-c2cc3c(cc2C)OCCO3)nc(CN)n1. The zero-order chi connectivity index (χ0) is 14.1. The van der Waals surface area contributed by atoms with E-state index in [1.165, 1.54) is 0 Å². The predicted octanol–water partition coefficient (Wildman–Crippen LogP) is 1.99. The van der Waals surface area contributed by atoms with Crippen LogP contribution in [0.4, 0.5) is 0 Å². The molecule has 3 rings (SSSR count). The second-order valence-electron chi connectivity index (χ2n) is 4.83. The van der Waals surface area contributed by atoms with Crippen molar-refractivity contribution in [3.8, 4) is 22.8 Å². The third-order valence-corrected chi connectivity index (χ3v) is 3.25. The van der Waals surface area contributed by atoms with E-state index < -0.39 is 0 Å². The molecule has 0 aliphatic carbocycles. The van der Waals surface area contributed by atoms with Crippen LogP contribution in [0, 0.1) is 13.8 Å². The quantitative estimate of drug-likeness (QED) is 0.904. The second-order valence-corrected chi connectivity index (χ2v) is 4.83. The van der Waals surface area contributed by atoms with Crippen LogP contribution in [0.25, 0.3) is 11.3 Å². The van der Waals surface area contributed by atoms with Gasteiger partial charge in [0.25, 0.3) is 0 Å². The van der Waals surface area contributed by atoms with Crippen LogP contribution in [0.1, 0.15) is 17.1 Å². The highest BCUT2D eigenvalue weighted by Crippen LogP contribution is 2.36. The van der Waals surface area contributed by atoms with E-state index in [0.717, 1.165) is 34.0 Å². The van der Waals surface area contributed by atoms with Crippen LogP contribution in [0.2, 0.25) is 0 Å². The molecule has 1 aromatic heterocycles. The van der Waals surface area contributed by atoms with Crippen LogP contribution in [0.15, 0.2) is 18.2 Å². The van der Waals surface area contributed by atoms with Gasteiger partial charge in [-0.25, -0.2) is 9.97 Å². The van der Waals surface area contributed by atoms with Gasteiger partial charge in [0.05, 0.1) is 12.2 Å². The highest BCUT2D eigenvalue weighted by molar-refractivity contribution is 5.68. The Bertz CT molecular complexity index is 656. The second kappa shape index (κ2) is 5.09. The summed E-state index contributed by atoms with van der Waals surface area (Å²) in [6.07, 6.45) is 0. The molecule has 1 aliphatic heterocycles. The fraction of sp³-hybridized carbons (Fsp3) is 0.333. The van der Waals surface area contributed by atoms with Gasteiger partial charge in [0.2, 0.25) is 0 Å². The number of aryl methyl sites for hydroxylation is 2. The van der Waals surface area contributed by atoms with Crippen molar-refractivity contribution >= 4 is 0 Å². The molecular weight excluding hydrogens is 254 g/mol. The number of fused-ring (bicyclic) bond motifs is 1. The summed E-state index contributed by atoms with van der Waals surface area (Å²) in [6, 6.07) is 5.92. The molecule has 1 aliphatic rings. The highest BCUT2D eigenvalue weighted by atomic mass is 16.6. The average Bonchev–Trinajstić information content (AvgIpc) is 2.45. The molecule has 0 saturated carbocycles. The predicted molar refractivity (Wildman–Crippen MR) is 75.8 cm³/mol. The first kappa shape index (κ1) is 12.9. The lowest BCUT2D eigenvalue weighted by atomic mass is 10.0. The molecule has 0 unspecified atom stereocenters. The fourth-order valence-corrected chi connectivity index (χ4v) is 2.33. The van der Waals surface area contributed by atoms with Gasteiger partial charge in [-0.15, -0.1) is 0 Å². The smallest absolute Gasteiger partial charge is 0.162 e. The van der Waals surface area contributed by atoms with Crippen LogP contribution in [-0.4, -0.2) is 23.2 Å². The van der Waals surface area contributed by atoms with Crippen molar-refractivity contribution < 1.29 is 9.47 Å². The number of rotatable bonds is 2. The molecule has 0 radical (unpaired) electrons. The van der Waals surface area contributed by atoms with Crippen molar-refractivity contribution in [2.24, 2.45) is 5.73 Å². The van der Waals surface area contributed by atoms with E-state index in [9.17, 15) is 0 Å². The van der Waals surface area contributed by atoms with Gasteiger partial charge in [-0.05, 0) is 37.6 Å². The molecule has 2 heterocycles. The lowest BCUT2D eigenvalue weighted by molar-refractivity contribution is 0.171. The Hall–Kier alpha value is -2.14. The van der Waals surface area contributed by atoms with Crippen molar-refractivity contribution in [3.05, 3.63) is 35.3 Å². The third-order valence-electron chi connectivity index (χ3n) is 3.25. The van der Waals surface area contributed by atoms with E-state index in [1.54, 1.807) is 0 Å². The zero-order valence-corrected chi connectivity index (χ0v) is 11.6. The van der Waals surface area contributed by atoms with Crippen molar-refractivity contribution in [2.75, 3.05) is 13.2 Å². The first-order valence-corrected chi connectivity index (χ1v) is 6.62. The van der Waals surface area contributed by atoms with Gasteiger partial charge >= 0.3 is 0 Å². The minimum absolute atomic E-state index is 0.332. The molecule has 0 saturated heterocycles. The van der Waals surface area contributed by atoms with E-state index in [0.29, 0.717) is 25.6 Å². The Kier molecular flexibility index (Phi) is 3.28. The molecule has 5 heteroatoms. The summed E-state index contributed by atoms with van der Waals surface area (Å²) in [5.41, 5.74) is 9.54. The van der Waals surface area contributed by atoms with Crippen molar-refractivity contribution in [2.45, 2.75) is 20.4 Å². The summed E-state index contributed by atoms with van der Waals surface area (Å²) in [5, 5.41) is 0. The summed E-state index contributed by atoms with van der Waals surface area (Å²) in [6.45, 7) is 5.48. The zero-order valence-electron chi connectivity index (χ0n) is 11.6. The van der Waals surface area contributed by atoms with Gasteiger partial charge in [0.1, 0.15) is 19.0 Å². The summed E-state index contributed by atoms with van der Waals surface area (Å²) in [5.74, 6) is 2.21. The number of aromatic nitrogens is 2. The monoisotopic (exact) mass is 271 g/mol. The van der Waals surface area contributed by atoms with Crippen LogP contribution >= 0.6 is 0 Å². The summed E-state index contributed by atoms with van der Waals surface area (Å²) in [4.78, 5) is 8.80. The number of benzene rings is 1. The van der Waals surface area contributed by atoms with Crippen molar-refractivity contribution in [1.29, 1.82) is 0 Å². The molecule has 2 N–H and O–H groups in total. The Morgan fingerprint density at radius 3 is 2.45 bits per heavy atom. The van der Waals surface area contributed by atoms with Crippen molar-refractivity contribution in [3.63, 3.8) is 0 Å². The van der Waals surface area contributed by atoms with E-state index >= 15 is 0 Å². The standard InChI is InChI=1S/C15H17N3O2/c1-9-5-13-14(20-4-3-19-13)7-11(9)12-6-10(2)17-15(8-16)18-12/h5-7H,3-4,8,16H2,1-2H3. The number of ether oxygens (including phenoxy) is 2. The Balaban J connectivity index is 2.12. The van der Waals surface area contributed by atoms with Gasteiger partial charge in [0, 0.05) is 11.3 Å². The molecule has 20 heavy (non-hydrogen) atoms. The molecule has 0 atom stereocenters. The fourth-order valence-electron chi connectivity index (χ4n) is 2.33. The summed E-state index contributed by atoms with van der Waals surface area (Å²) >= 11 is 0. The first-order chi connectivity index (χ1) is 9.67. The van der Waals surface area contributed by atoms with Crippen LogP contribution < -0.4 is 15.2 Å². The van der Waals surface area contributed by atoms with Gasteiger partial charge in [-0.3, -0.25) is 0 Å². The van der Waals surface area contributed by atoms with Gasteiger partial charge in [0.15, 0.2) is 11.5 Å². The maximum atomic E-state index is 5.64.